The normalized spacial score (nSPS) is 21.5. The first-order valence-corrected chi connectivity index (χ1v) is 14.9. The molecule has 0 aliphatic carbocycles. The van der Waals surface area contributed by atoms with E-state index in [9.17, 15) is 33.9 Å². The maximum absolute atomic E-state index is 14.0. The van der Waals surface area contributed by atoms with Crippen LogP contribution in [-0.2, 0) is 35.2 Å². The number of guanidine groups is 1. The van der Waals surface area contributed by atoms with E-state index in [4.69, 9.17) is 11.5 Å². The zero-order chi connectivity index (χ0) is 33.9. The summed E-state index contributed by atoms with van der Waals surface area (Å²) in [5.41, 5.74) is 12.6. The molecule has 16 nitrogen and oxygen atoms in total. The summed E-state index contributed by atoms with van der Waals surface area (Å²) in [5, 5.41) is 23.1. The van der Waals surface area contributed by atoms with Crippen LogP contribution < -0.4 is 38.1 Å². The Balaban J connectivity index is 1.72. The van der Waals surface area contributed by atoms with E-state index in [-0.39, 0.29) is 31.8 Å². The van der Waals surface area contributed by atoms with Crippen molar-refractivity contribution in [1.82, 2.24) is 31.6 Å². The van der Waals surface area contributed by atoms with Crippen LogP contribution in [0.4, 0.5) is 0 Å². The summed E-state index contributed by atoms with van der Waals surface area (Å²) in [4.78, 5) is 85.6. The maximum Gasteiger partial charge on any atom is 0.326 e. The van der Waals surface area contributed by atoms with Gasteiger partial charge in [0.2, 0.25) is 29.5 Å². The number of para-hydroxylation sites is 1. The Morgan fingerprint density at radius 3 is 2.26 bits per heavy atom. The minimum atomic E-state index is -1.67. The molecule has 1 aliphatic heterocycles. The molecular weight excluding hydrogens is 610 g/mol. The largest absolute Gasteiger partial charge is 0.480 e. The van der Waals surface area contributed by atoms with Crippen molar-refractivity contribution >= 4 is 52.4 Å². The molecule has 11 N–H and O–H groups in total. The van der Waals surface area contributed by atoms with Crippen molar-refractivity contribution in [2.45, 2.75) is 49.9 Å². The third-order valence-electron chi connectivity index (χ3n) is 7.46. The Morgan fingerprint density at radius 1 is 0.830 bits per heavy atom. The molecule has 4 atom stereocenters. The van der Waals surface area contributed by atoms with Crippen molar-refractivity contribution in [1.29, 1.82) is 0 Å². The van der Waals surface area contributed by atoms with E-state index in [2.05, 4.69) is 36.6 Å². The van der Waals surface area contributed by atoms with Gasteiger partial charge in [-0.15, -0.1) is 0 Å². The Labute approximate surface area is 269 Å². The molecule has 0 saturated carbocycles. The van der Waals surface area contributed by atoms with Crippen LogP contribution >= 0.6 is 0 Å². The molecule has 2 aromatic carbocycles. The van der Waals surface area contributed by atoms with Gasteiger partial charge in [-0.3, -0.25) is 29.0 Å². The van der Waals surface area contributed by atoms with Gasteiger partial charge in [0.25, 0.3) is 0 Å². The highest BCUT2D eigenvalue weighted by atomic mass is 16.4. The molecule has 47 heavy (non-hydrogen) atoms. The van der Waals surface area contributed by atoms with Crippen LogP contribution in [0, 0.1) is 0 Å². The van der Waals surface area contributed by atoms with E-state index in [1.165, 1.54) is 0 Å². The molecule has 0 unspecified atom stereocenters. The standard InChI is InChI=1S/C31H37N9O7/c32-31(33)34-12-6-11-21-27(43)38-22(13-18-15-35-20-10-5-4-9-19(18)20)28(44)40-26(17-7-2-1-3-8-17)29(45)39-23(30(46)47)14-24(41)36-16-25(42)37-21/h1-5,7-10,15,21-23,26,35H,6,11-14,16H2,(H,36,41)(H,37,42)(H,38,43)(H,39,45)(H,40,44)(H,46,47)(H4,32,33,34)/t21-,22+,23-,26+/m0/s1. The lowest BCUT2D eigenvalue weighted by molar-refractivity contribution is -0.144. The second-order valence-corrected chi connectivity index (χ2v) is 10.9. The predicted molar refractivity (Wildman–Crippen MR) is 170 cm³/mol. The number of aromatic amines is 1. The van der Waals surface area contributed by atoms with Gasteiger partial charge in [-0.25, -0.2) is 4.79 Å². The number of rotatable bonds is 8. The lowest BCUT2D eigenvalue weighted by atomic mass is 10.0. The molecule has 0 bridgehead atoms. The van der Waals surface area contributed by atoms with Gasteiger partial charge in [0.05, 0.1) is 13.0 Å². The molecular formula is C31H37N9O7. The van der Waals surface area contributed by atoms with Crippen LogP contribution in [0.15, 0.2) is 65.8 Å². The number of carbonyl (C=O) groups is 6. The SMILES string of the molecule is NC(N)=NCCC[C@@H]1NC(=O)CNC(=O)C[C@@H](C(=O)O)NC(=O)[C@@H](c2ccccc2)NC(=O)[C@@H](Cc2c[nH]c3ccccc23)NC1=O. The molecule has 16 heteroatoms. The number of fused-ring (bicyclic) bond motifs is 1. The van der Waals surface area contributed by atoms with Gasteiger partial charge >= 0.3 is 5.97 Å². The number of nitrogens with zero attached hydrogens (tertiary/aromatic N) is 1. The average molecular weight is 648 g/mol. The van der Waals surface area contributed by atoms with Gasteiger partial charge in [0.1, 0.15) is 24.2 Å². The number of carboxylic acid groups (broad SMARTS) is 1. The lowest BCUT2D eigenvalue weighted by Gasteiger charge is -2.27. The highest BCUT2D eigenvalue weighted by Crippen LogP contribution is 2.20. The molecule has 248 valence electrons. The average Bonchev–Trinajstić information content (AvgIpc) is 3.45. The van der Waals surface area contributed by atoms with Crippen LogP contribution in [0.25, 0.3) is 10.9 Å². The fraction of sp³-hybridized carbons (Fsp3) is 0.323. The van der Waals surface area contributed by atoms with E-state index in [1.54, 1.807) is 36.5 Å². The Hall–Kier alpha value is -5.93. The Morgan fingerprint density at radius 2 is 1.53 bits per heavy atom. The monoisotopic (exact) mass is 647 g/mol. The number of aliphatic carboxylic acids is 1. The van der Waals surface area contributed by atoms with E-state index >= 15 is 0 Å². The van der Waals surface area contributed by atoms with Crippen LogP contribution in [0.1, 0.15) is 36.4 Å². The zero-order valence-corrected chi connectivity index (χ0v) is 25.3. The number of hydrogen-bond donors (Lipinski definition) is 9. The molecule has 2 heterocycles. The van der Waals surface area contributed by atoms with Crippen LogP contribution in [0.3, 0.4) is 0 Å². The van der Waals surface area contributed by atoms with E-state index in [0.29, 0.717) is 11.1 Å². The quantitative estimate of drug-likeness (QED) is 0.0796. The summed E-state index contributed by atoms with van der Waals surface area (Å²) < 4.78 is 0. The molecule has 1 saturated heterocycles. The number of amides is 5. The van der Waals surface area contributed by atoms with Crippen molar-refractivity contribution in [3.63, 3.8) is 0 Å². The maximum atomic E-state index is 14.0. The van der Waals surface area contributed by atoms with Crippen LogP contribution in [0.5, 0.6) is 0 Å². The van der Waals surface area contributed by atoms with Gasteiger partial charge in [-0.05, 0) is 30.0 Å². The molecule has 5 amide bonds. The minimum absolute atomic E-state index is 0.00676. The smallest absolute Gasteiger partial charge is 0.326 e. The molecule has 1 fully saturated rings. The number of nitrogens with two attached hydrogens (primary N) is 2. The molecule has 3 aromatic rings. The summed E-state index contributed by atoms with van der Waals surface area (Å²) in [6, 6.07) is 10.0. The number of nitrogens with one attached hydrogen (secondary N) is 6. The fourth-order valence-electron chi connectivity index (χ4n) is 5.10. The van der Waals surface area contributed by atoms with Crippen LogP contribution in [-0.4, -0.2) is 82.8 Å². The highest BCUT2D eigenvalue weighted by Gasteiger charge is 2.33. The van der Waals surface area contributed by atoms with E-state index in [1.807, 2.05) is 24.3 Å². The van der Waals surface area contributed by atoms with Crippen molar-refractivity contribution in [2.24, 2.45) is 16.5 Å². The van der Waals surface area contributed by atoms with Gasteiger partial charge in [0, 0.05) is 30.1 Å². The Bertz CT molecular complexity index is 1650. The van der Waals surface area contributed by atoms with Crippen molar-refractivity contribution < 1.29 is 33.9 Å². The van der Waals surface area contributed by atoms with Crippen LogP contribution in [0.2, 0.25) is 0 Å². The molecule has 0 spiro atoms. The molecule has 1 aromatic heterocycles. The highest BCUT2D eigenvalue weighted by molar-refractivity contribution is 5.97. The number of carbonyl (C=O) groups excluding carboxylic acids is 5. The number of benzene rings is 2. The summed E-state index contributed by atoms with van der Waals surface area (Å²) in [7, 11) is 0. The second kappa shape index (κ2) is 15.9. The number of aliphatic imine (C=N–C) groups is 1. The first-order valence-electron chi connectivity index (χ1n) is 14.9. The first-order chi connectivity index (χ1) is 22.5. The van der Waals surface area contributed by atoms with E-state index in [0.717, 1.165) is 10.9 Å². The number of carboxylic acids is 1. The lowest BCUT2D eigenvalue weighted by Crippen LogP contribution is -2.57. The predicted octanol–water partition coefficient (Wildman–Crippen LogP) is -1.32. The second-order valence-electron chi connectivity index (χ2n) is 10.9. The molecule has 4 rings (SSSR count). The molecule has 0 radical (unpaired) electrons. The summed E-state index contributed by atoms with van der Waals surface area (Å²) in [6.07, 6.45) is 1.35. The van der Waals surface area contributed by atoms with Gasteiger partial charge in [0.15, 0.2) is 5.96 Å². The third-order valence-corrected chi connectivity index (χ3v) is 7.46. The van der Waals surface area contributed by atoms with Crippen molar-refractivity contribution in [2.75, 3.05) is 13.1 Å². The van der Waals surface area contributed by atoms with Gasteiger partial charge in [-0.1, -0.05) is 48.5 Å². The molecule has 1 aliphatic rings. The minimum Gasteiger partial charge on any atom is -0.480 e. The first kappa shape index (κ1) is 34.0. The fourth-order valence-corrected chi connectivity index (χ4v) is 5.10. The topological polar surface area (TPSA) is 263 Å². The van der Waals surface area contributed by atoms with Gasteiger partial charge < -0.3 is 48.1 Å². The van der Waals surface area contributed by atoms with Crippen molar-refractivity contribution in [3.8, 4) is 0 Å². The third kappa shape index (κ3) is 9.53. The summed E-state index contributed by atoms with van der Waals surface area (Å²) >= 11 is 0. The summed E-state index contributed by atoms with van der Waals surface area (Å²) in [5.74, 6) is -5.58. The summed E-state index contributed by atoms with van der Waals surface area (Å²) in [6.45, 7) is -0.425. The van der Waals surface area contributed by atoms with E-state index < -0.39 is 72.6 Å². The van der Waals surface area contributed by atoms with Crippen molar-refractivity contribution in [3.05, 3.63) is 71.9 Å². The zero-order valence-electron chi connectivity index (χ0n) is 25.3. The Kier molecular flexibility index (Phi) is 11.5. The number of hydrogen-bond acceptors (Lipinski definition) is 7. The number of aromatic nitrogens is 1. The van der Waals surface area contributed by atoms with Gasteiger partial charge in [-0.2, -0.15) is 0 Å². The number of H-pyrrole nitrogens is 1.